The van der Waals surface area contributed by atoms with Crippen LogP contribution in [0.4, 0.5) is 18.9 Å². The summed E-state index contributed by atoms with van der Waals surface area (Å²) >= 11 is 0. The van der Waals surface area contributed by atoms with E-state index in [9.17, 15) is 18.0 Å². The van der Waals surface area contributed by atoms with Gasteiger partial charge in [-0.1, -0.05) is 0 Å². The molecule has 86 valence electrons. The Morgan fingerprint density at radius 3 is 2.69 bits per heavy atom. The predicted octanol–water partition coefficient (Wildman–Crippen LogP) is 2.42. The van der Waals surface area contributed by atoms with Gasteiger partial charge in [0.2, 0.25) is 0 Å². The average molecular weight is 231 g/mol. The molecule has 16 heavy (non-hydrogen) atoms. The Hall–Kier alpha value is -1.72. The third kappa shape index (κ3) is 1.82. The van der Waals surface area contributed by atoms with Gasteiger partial charge in [-0.15, -0.1) is 0 Å². The van der Waals surface area contributed by atoms with Crippen LogP contribution in [0.5, 0.6) is 5.75 Å². The van der Waals surface area contributed by atoms with Crippen molar-refractivity contribution in [1.82, 2.24) is 0 Å². The molecule has 0 spiro atoms. The molecule has 1 N–H and O–H groups in total. The van der Waals surface area contributed by atoms with E-state index in [0.29, 0.717) is 0 Å². The molecule has 0 unspecified atom stereocenters. The van der Waals surface area contributed by atoms with Crippen LogP contribution in [0, 0.1) is 0 Å². The first-order valence-electron chi connectivity index (χ1n) is 4.56. The van der Waals surface area contributed by atoms with Crippen LogP contribution in [0.1, 0.15) is 12.5 Å². The quantitative estimate of drug-likeness (QED) is 0.744. The van der Waals surface area contributed by atoms with Gasteiger partial charge in [-0.05, 0) is 25.1 Å². The Bertz CT molecular complexity index is 442. The smallest absolute Gasteiger partial charge is 0.416 e. The lowest BCUT2D eigenvalue weighted by Gasteiger charge is -2.23. The van der Waals surface area contributed by atoms with E-state index < -0.39 is 23.8 Å². The summed E-state index contributed by atoms with van der Waals surface area (Å²) in [5.74, 6) is -0.202. The van der Waals surface area contributed by atoms with E-state index in [1.54, 1.807) is 0 Å². The summed E-state index contributed by atoms with van der Waals surface area (Å²) in [6, 6.07) is 2.98. The van der Waals surface area contributed by atoms with Crippen LogP contribution in [-0.2, 0) is 11.0 Å². The van der Waals surface area contributed by atoms with E-state index in [2.05, 4.69) is 5.32 Å². The van der Waals surface area contributed by atoms with Gasteiger partial charge in [0.1, 0.15) is 5.75 Å². The molecule has 1 aliphatic heterocycles. The number of halogens is 3. The normalized spacial score (nSPS) is 19.8. The summed E-state index contributed by atoms with van der Waals surface area (Å²) in [4.78, 5) is 11.2. The Morgan fingerprint density at radius 2 is 2.06 bits per heavy atom. The highest BCUT2D eigenvalue weighted by molar-refractivity contribution is 5.97. The topological polar surface area (TPSA) is 38.3 Å². The predicted molar refractivity (Wildman–Crippen MR) is 50.2 cm³/mol. The van der Waals surface area contributed by atoms with Crippen molar-refractivity contribution in [3.63, 3.8) is 0 Å². The van der Waals surface area contributed by atoms with E-state index in [1.165, 1.54) is 13.0 Å². The third-order valence-electron chi connectivity index (χ3n) is 2.24. The van der Waals surface area contributed by atoms with Gasteiger partial charge >= 0.3 is 6.18 Å². The maximum Gasteiger partial charge on any atom is 0.416 e. The van der Waals surface area contributed by atoms with Crippen LogP contribution in [0.15, 0.2) is 18.2 Å². The molecule has 1 atom stereocenters. The molecule has 0 saturated heterocycles. The van der Waals surface area contributed by atoms with Gasteiger partial charge in [0, 0.05) is 0 Å². The second-order valence-electron chi connectivity index (χ2n) is 3.46. The van der Waals surface area contributed by atoms with Crippen molar-refractivity contribution in [1.29, 1.82) is 0 Å². The van der Waals surface area contributed by atoms with Crippen molar-refractivity contribution in [3.8, 4) is 5.75 Å². The minimum absolute atomic E-state index is 0.0536. The zero-order chi connectivity index (χ0) is 11.9. The van der Waals surface area contributed by atoms with E-state index in [0.717, 1.165) is 12.1 Å². The minimum Gasteiger partial charge on any atom is -0.479 e. The van der Waals surface area contributed by atoms with Gasteiger partial charge in [-0.2, -0.15) is 13.2 Å². The number of nitrogens with one attached hydrogen (secondary N) is 1. The van der Waals surface area contributed by atoms with Crippen LogP contribution in [0.25, 0.3) is 0 Å². The second-order valence-corrected chi connectivity index (χ2v) is 3.46. The van der Waals surface area contributed by atoms with E-state index in [-0.39, 0.29) is 11.4 Å². The van der Waals surface area contributed by atoms with Crippen molar-refractivity contribution < 1.29 is 22.7 Å². The number of fused-ring (bicyclic) bond motifs is 1. The van der Waals surface area contributed by atoms with Crippen molar-refractivity contribution >= 4 is 11.6 Å². The van der Waals surface area contributed by atoms with E-state index in [4.69, 9.17) is 4.74 Å². The Morgan fingerprint density at radius 1 is 1.38 bits per heavy atom. The molecule has 0 bridgehead atoms. The molecule has 6 heteroatoms. The van der Waals surface area contributed by atoms with Gasteiger partial charge in [-0.3, -0.25) is 4.79 Å². The van der Waals surface area contributed by atoms with Crippen molar-refractivity contribution in [2.75, 3.05) is 5.32 Å². The molecule has 1 amide bonds. The largest absolute Gasteiger partial charge is 0.479 e. The number of rotatable bonds is 0. The first-order chi connectivity index (χ1) is 7.38. The summed E-state index contributed by atoms with van der Waals surface area (Å²) in [6.07, 6.45) is -5.12. The second kappa shape index (κ2) is 3.40. The van der Waals surface area contributed by atoms with Gasteiger partial charge < -0.3 is 10.1 Å². The highest BCUT2D eigenvalue weighted by Crippen LogP contribution is 2.36. The van der Waals surface area contributed by atoms with Crippen LogP contribution >= 0.6 is 0 Å². The van der Waals surface area contributed by atoms with Crippen LogP contribution in [0.2, 0.25) is 0 Å². The van der Waals surface area contributed by atoms with Crippen LogP contribution in [0.3, 0.4) is 0 Å². The zero-order valence-corrected chi connectivity index (χ0v) is 8.26. The number of anilines is 1. The maximum atomic E-state index is 12.4. The minimum atomic E-state index is -4.43. The highest BCUT2D eigenvalue weighted by Gasteiger charge is 2.33. The highest BCUT2D eigenvalue weighted by atomic mass is 19.4. The fourth-order valence-corrected chi connectivity index (χ4v) is 1.39. The number of amides is 1. The van der Waals surface area contributed by atoms with Crippen molar-refractivity contribution in [2.24, 2.45) is 0 Å². The molecule has 1 aliphatic rings. The SMILES string of the molecule is C[C@H]1Oc2ccc(C(F)(F)F)cc2NC1=O. The molecule has 0 radical (unpaired) electrons. The Kier molecular flexibility index (Phi) is 2.29. The van der Waals surface area contributed by atoms with Gasteiger partial charge in [0.25, 0.3) is 5.91 Å². The van der Waals surface area contributed by atoms with Crippen LogP contribution in [-0.4, -0.2) is 12.0 Å². The van der Waals surface area contributed by atoms with Gasteiger partial charge in [0.05, 0.1) is 11.3 Å². The van der Waals surface area contributed by atoms with Crippen molar-refractivity contribution in [3.05, 3.63) is 23.8 Å². The molecular formula is C10H8F3NO2. The fourth-order valence-electron chi connectivity index (χ4n) is 1.39. The Labute approximate surface area is 89.2 Å². The molecule has 2 rings (SSSR count). The molecule has 0 aliphatic carbocycles. The molecule has 0 saturated carbocycles. The number of alkyl halides is 3. The number of hydrogen-bond donors (Lipinski definition) is 1. The lowest BCUT2D eigenvalue weighted by Crippen LogP contribution is -2.34. The molecule has 0 fully saturated rings. The van der Waals surface area contributed by atoms with Crippen LogP contribution < -0.4 is 10.1 Å². The summed E-state index contributed by atoms with van der Waals surface area (Å²) in [7, 11) is 0. The van der Waals surface area contributed by atoms with Crippen molar-refractivity contribution in [2.45, 2.75) is 19.2 Å². The molecule has 1 heterocycles. The summed E-state index contributed by atoms with van der Waals surface area (Å²) in [5.41, 5.74) is -0.761. The lowest BCUT2D eigenvalue weighted by atomic mass is 10.1. The first kappa shape index (κ1) is 10.8. The maximum absolute atomic E-state index is 12.4. The zero-order valence-electron chi connectivity index (χ0n) is 8.26. The lowest BCUT2D eigenvalue weighted by molar-refractivity contribution is -0.137. The molecule has 1 aromatic rings. The number of hydrogen-bond acceptors (Lipinski definition) is 2. The molecule has 3 nitrogen and oxygen atoms in total. The summed E-state index contributed by atoms with van der Waals surface area (Å²) in [5, 5.41) is 2.36. The molecule has 1 aromatic carbocycles. The first-order valence-corrected chi connectivity index (χ1v) is 4.56. The molecule has 0 aromatic heterocycles. The fraction of sp³-hybridized carbons (Fsp3) is 0.300. The average Bonchev–Trinajstić information content (AvgIpc) is 2.17. The third-order valence-corrected chi connectivity index (χ3v) is 2.24. The summed E-state index contributed by atoms with van der Waals surface area (Å²) < 4.78 is 42.3. The number of carbonyl (C=O) groups is 1. The standard InChI is InChI=1S/C10H8F3NO2/c1-5-9(15)14-7-4-6(10(11,12)13)2-3-8(7)16-5/h2-5H,1H3,(H,14,15)/t5-/m1/s1. The van der Waals surface area contributed by atoms with Gasteiger partial charge in [-0.25, -0.2) is 0 Å². The van der Waals surface area contributed by atoms with E-state index in [1.807, 2.05) is 0 Å². The molecular weight excluding hydrogens is 223 g/mol. The monoisotopic (exact) mass is 231 g/mol. The summed E-state index contributed by atoms with van der Waals surface area (Å²) in [6.45, 7) is 1.52. The van der Waals surface area contributed by atoms with Gasteiger partial charge in [0.15, 0.2) is 6.10 Å². The number of benzene rings is 1. The number of ether oxygens (including phenoxy) is 1. The Balaban J connectivity index is 2.40. The van der Waals surface area contributed by atoms with E-state index >= 15 is 0 Å². The number of carbonyl (C=O) groups excluding carboxylic acids is 1.